The van der Waals surface area contributed by atoms with Crippen molar-refractivity contribution >= 4 is 5.97 Å². The number of carboxylic acids is 1. The second-order valence-corrected chi connectivity index (χ2v) is 5.71. The topological polar surface area (TPSA) is 49.8 Å². The van der Waals surface area contributed by atoms with Gasteiger partial charge in [0.15, 0.2) is 0 Å². The third-order valence-corrected chi connectivity index (χ3v) is 4.17. The fourth-order valence-electron chi connectivity index (χ4n) is 2.85. The van der Waals surface area contributed by atoms with Gasteiger partial charge in [-0.25, -0.2) is 0 Å². The van der Waals surface area contributed by atoms with Gasteiger partial charge in [0, 0.05) is 24.7 Å². The van der Waals surface area contributed by atoms with Crippen LogP contribution in [0.2, 0.25) is 0 Å². The first kappa shape index (κ1) is 14.9. The fraction of sp³-hybridized carbons (Fsp3) is 0.562. The van der Waals surface area contributed by atoms with Crippen LogP contribution in [0.25, 0.3) is 0 Å². The van der Waals surface area contributed by atoms with Crippen molar-refractivity contribution < 1.29 is 14.6 Å². The zero-order valence-corrected chi connectivity index (χ0v) is 12.4. The van der Waals surface area contributed by atoms with Gasteiger partial charge in [-0.05, 0) is 32.8 Å². The molecule has 0 amide bonds. The Hall–Kier alpha value is -1.55. The van der Waals surface area contributed by atoms with Crippen molar-refractivity contribution in [1.82, 2.24) is 4.90 Å². The number of aryl methyl sites for hydroxylation is 1. The third-order valence-electron chi connectivity index (χ3n) is 4.17. The number of rotatable bonds is 4. The molecular formula is C16H23NO3. The average molecular weight is 277 g/mol. The molecule has 1 N–H and O–H groups in total. The Morgan fingerprint density at radius 3 is 2.85 bits per heavy atom. The van der Waals surface area contributed by atoms with Crippen LogP contribution in [0.3, 0.4) is 0 Å². The van der Waals surface area contributed by atoms with Gasteiger partial charge < -0.3 is 9.84 Å². The molecule has 2 atom stereocenters. The SMILES string of the molecule is COc1ccc(C)cc1CN1CC(C(=O)O)CCC1C. The molecule has 4 nitrogen and oxygen atoms in total. The lowest BCUT2D eigenvalue weighted by Gasteiger charge is -2.36. The Morgan fingerprint density at radius 1 is 1.45 bits per heavy atom. The predicted octanol–water partition coefficient (Wildman–Crippen LogP) is 2.69. The second-order valence-electron chi connectivity index (χ2n) is 5.71. The summed E-state index contributed by atoms with van der Waals surface area (Å²) in [4.78, 5) is 13.4. The molecule has 0 saturated carbocycles. The maximum absolute atomic E-state index is 11.2. The van der Waals surface area contributed by atoms with Crippen molar-refractivity contribution in [2.45, 2.75) is 39.3 Å². The van der Waals surface area contributed by atoms with E-state index in [-0.39, 0.29) is 5.92 Å². The molecule has 2 rings (SSSR count). The lowest BCUT2D eigenvalue weighted by molar-refractivity contribution is -0.144. The molecule has 1 heterocycles. The molecule has 0 radical (unpaired) electrons. The molecule has 0 spiro atoms. The number of ether oxygens (including phenoxy) is 1. The molecular weight excluding hydrogens is 254 g/mol. The number of benzene rings is 1. The largest absolute Gasteiger partial charge is 0.496 e. The summed E-state index contributed by atoms with van der Waals surface area (Å²) >= 11 is 0. The first-order valence-electron chi connectivity index (χ1n) is 7.11. The Kier molecular flexibility index (Phi) is 4.65. The average Bonchev–Trinajstić information content (AvgIpc) is 2.41. The van der Waals surface area contributed by atoms with Crippen LogP contribution in [0, 0.1) is 12.8 Å². The van der Waals surface area contributed by atoms with Gasteiger partial charge in [-0.15, -0.1) is 0 Å². The monoisotopic (exact) mass is 277 g/mol. The van der Waals surface area contributed by atoms with Crippen LogP contribution < -0.4 is 4.74 Å². The standard InChI is InChI=1S/C16H23NO3/c1-11-4-7-15(20-3)14(8-11)10-17-9-13(16(18)19)6-5-12(17)2/h4,7-8,12-13H,5-6,9-10H2,1-3H3,(H,18,19). The highest BCUT2D eigenvalue weighted by atomic mass is 16.5. The minimum atomic E-state index is -0.682. The molecule has 1 aliphatic rings. The Bertz CT molecular complexity index is 487. The van der Waals surface area contributed by atoms with Gasteiger partial charge in [0.25, 0.3) is 0 Å². The molecule has 110 valence electrons. The summed E-state index contributed by atoms with van der Waals surface area (Å²) in [6, 6.07) is 6.54. The van der Waals surface area contributed by atoms with Crippen LogP contribution >= 0.6 is 0 Å². The summed E-state index contributed by atoms with van der Waals surface area (Å²) in [5.74, 6) is -0.0552. The number of hydrogen-bond donors (Lipinski definition) is 1. The van der Waals surface area contributed by atoms with Crippen LogP contribution in [-0.4, -0.2) is 35.7 Å². The van der Waals surface area contributed by atoms with Gasteiger partial charge >= 0.3 is 5.97 Å². The first-order chi connectivity index (χ1) is 9.51. The Labute approximate surface area is 120 Å². The van der Waals surface area contributed by atoms with Crippen LogP contribution in [-0.2, 0) is 11.3 Å². The van der Waals surface area contributed by atoms with Crippen molar-refractivity contribution in [3.8, 4) is 5.75 Å². The van der Waals surface area contributed by atoms with Crippen LogP contribution in [0.1, 0.15) is 30.9 Å². The number of likely N-dealkylation sites (tertiary alicyclic amines) is 1. The zero-order chi connectivity index (χ0) is 14.7. The van der Waals surface area contributed by atoms with E-state index in [4.69, 9.17) is 4.74 Å². The Balaban J connectivity index is 2.15. The van der Waals surface area contributed by atoms with Gasteiger partial charge in [-0.2, -0.15) is 0 Å². The van der Waals surface area contributed by atoms with E-state index in [1.807, 2.05) is 12.1 Å². The van der Waals surface area contributed by atoms with Gasteiger partial charge in [0.1, 0.15) is 5.75 Å². The third kappa shape index (κ3) is 3.31. The molecule has 4 heteroatoms. The first-order valence-corrected chi connectivity index (χ1v) is 7.11. The van der Waals surface area contributed by atoms with Crippen molar-refractivity contribution in [3.63, 3.8) is 0 Å². The van der Waals surface area contributed by atoms with E-state index in [1.54, 1.807) is 7.11 Å². The summed E-state index contributed by atoms with van der Waals surface area (Å²) < 4.78 is 5.41. The molecule has 1 aromatic carbocycles. The highest BCUT2D eigenvalue weighted by Crippen LogP contribution is 2.27. The van der Waals surface area contributed by atoms with E-state index in [0.717, 1.165) is 30.7 Å². The summed E-state index contributed by atoms with van der Waals surface area (Å²) in [6.07, 6.45) is 1.71. The van der Waals surface area contributed by atoms with Gasteiger partial charge in [0.05, 0.1) is 13.0 Å². The van der Waals surface area contributed by atoms with E-state index in [2.05, 4.69) is 24.8 Å². The predicted molar refractivity (Wildman–Crippen MR) is 78.0 cm³/mol. The Morgan fingerprint density at radius 2 is 2.20 bits per heavy atom. The molecule has 1 aromatic rings. The summed E-state index contributed by atoms with van der Waals surface area (Å²) in [7, 11) is 1.67. The van der Waals surface area contributed by atoms with Crippen molar-refractivity contribution in [2.75, 3.05) is 13.7 Å². The molecule has 0 bridgehead atoms. The van der Waals surface area contributed by atoms with E-state index in [1.165, 1.54) is 5.56 Å². The van der Waals surface area contributed by atoms with Gasteiger partial charge in [-0.3, -0.25) is 9.69 Å². The number of aliphatic carboxylic acids is 1. The highest BCUT2D eigenvalue weighted by Gasteiger charge is 2.30. The van der Waals surface area contributed by atoms with Crippen LogP contribution in [0.15, 0.2) is 18.2 Å². The molecule has 20 heavy (non-hydrogen) atoms. The van der Waals surface area contributed by atoms with Gasteiger partial charge in [-0.1, -0.05) is 17.7 Å². The molecule has 2 unspecified atom stereocenters. The molecule has 1 aliphatic heterocycles. The van der Waals surface area contributed by atoms with Crippen molar-refractivity contribution in [1.29, 1.82) is 0 Å². The smallest absolute Gasteiger partial charge is 0.307 e. The van der Waals surface area contributed by atoms with Gasteiger partial charge in [0.2, 0.25) is 0 Å². The summed E-state index contributed by atoms with van der Waals surface area (Å²) in [6.45, 7) is 5.59. The quantitative estimate of drug-likeness (QED) is 0.919. The molecule has 1 saturated heterocycles. The lowest BCUT2D eigenvalue weighted by atomic mass is 9.93. The lowest BCUT2D eigenvalue weighted by Crippen LogP contribution is -2.43. The second kappa shape index (κ2) is 6.27. The summed E-state index contributed by atoms with van der Waals surface area (Å²) in [5.41, 5.74) is 2.32. The van der Waals surface area contributed by atoms with Crippen molar-refractivity contribution in [3.05, 3.63) is 29.3 Å². The number of hydrogen-bond acceptors (Lipinski definition) is 3. The molecule has 0 aliphatic carbocycles. The molecule has 0 aromatic heterocycles. The number of piperidine rings is 1. The minimum Gasteiger partial charge on any atom is -0.496 e. The van der Waals surface area contributed by atoms with E-state index in [0.29, 0.717) is 12.6 Å². The van der Waals surface area contributed by atoms with Crippen LogP contribution in [0.5, 0.6) is 5.75 Å². The number of carboxylic acid groups (broad SMARTS) is 1. The zero-order valence-electron chi connectivity index (χ0n) is 12.4. The number of nitrogens with zero attached hydrogens (tertiary/aromatic N) is 1. The normalized spacial score (nSPS) is 23.6. The maximum Gasteiger partial charge on any atom is 0.307 e. The number of carbonyl (C=O) groups is 1. The van der Waals surface area contributed by atoms with E-state index >= 15 is 0 Å². The summed E-state index contributed by atoms with van der Waals surface area (Å²) in [5, 5.41) is 9.20. The van der Waals surface area contributed by atoms with E-state index < -0.39 is 5.97 Å². The maximum atomic E-state index is 11.2. The fourth-order valence-corrected chi connectivity index (χ4v) is 2.85. The molecule has 1 fully saturated rings. The van der Waals surface area contributed by atoms with E-state index in [9.17, 15) is 9.90 Å². The number of methoxy groups -OCH3 is 1. The highest BCUT2D eigenvalue weighted by molar-refractivity contribution is 5.70. The van der Waals surface area contributed by atoms with Crippen LogP contribution in [0.4, 0.5) is 0 Å². The minimum absolute atomic E-state index is 0.248. The van der Waals surface area contributed by atoms with Crippen molar-refractivity contribution in [2.24, 2.45) is 5.92 Å².